The predicted molar refractivity (Wildman–Crippen MR) is 136 cm³/mol. The molecule has 174 valence electrons. The van der Waals surface area contributed by atoms with Gasteiger partial charge in [0.15, 0.2) is 5.96 Å². The van der Waals surface area contributed by atoms with Crippen molar-refractivity contribution in [1.29, 1.82) is 0 Å². The lowest BCUT2D eigenvalue weighted by Crippen LogP contribution is -2.45. The van der Waals surface area contributed by atoms with E-state index in [1.807, 2.05) is 19.1 Å². The number of nitrogens with one attached hydrogen (secondary N) is 2. The number of hydrogen-bond donors (Lipinski definition) is 2. The van der Waals surface area contributed by atoms with Crippen LogP contribution in [0.15, 0.2) is 47.5 Å². The summed E-state index contributed by atoms with van der Waals surface area (Å²) in [6.07, 6.45) is 2.58. The van der Waals surface area contributed by atoms with Gasteiger partial charge in [-0.1, -0.05) is 12.1 Å². The van der Waals surface area contributed by atoms with Crippen molar-refractivity contribution in [1.82, 2.24) is 15.5 Å². The van der Waals surface area contributed by atoms with Gasteiger partial charge in [-0.05, 0) is 67.1 Å². The van der Waals surface area contributed by atoms with Gasteiger partial charge in [0.05, 0.1) is 0 Å². The molecule has 2 N–H and O–H groups in total. The Balaban J connectivity index is 0.00000363. The van der Waals surface area contributed by atoms with Gasteiger partial charge < -0.3 is 20.3 Å². The number of nitrogens with zero attached hydrogens (tertiary/aromatic N) is 2. The summed E-state index contributed by atoms with van der Waals surface area (Å²) in [5, 5.41) is 6.15. The highest BCUT2D eigenvalue weighted by molar-refractivity contribution is 14.0. The first-order chi connectivity index (χ1) is 15.0. The molecule has 0 radical (unpaired) electrons. The summed E-state index contributed by atoms with van der Waals surface area (Å²) < 4.78 is 18.9. The Morgan fingerprint density at radius 1 is 1.19 bits per heavy atom. The molecule has 6 nitrogen and oxygen atoms in total. The van der Waals surface area contributed by atoms with Crippen molar-refractivity contribution < 1.29 is 13.9 Å². The number of guanidine groups is 1. The number of rotatable bonds is 6. The van der Waals surface area contributed by atoms with Gasteiger partial charge in [0.1, 0.15) is 17.3 Å². The number of amides is 1. The zero-order valence-electron chi connectivity index (χ0n) is 18.9. The van der Waals surface area contributed by atoms with E-state index in [0.717, 1.165) is 48.8 Å². The highest BCUT2D eigenvalue weighted by atomic mass is 127. The fourth-order valence-corrected chi connectivity index (χ4v) is 3.79. The van der Waals surface area contributed by atoms with E-state index in [2.05, 4.69) is 26.6 Å². The number of aliphatic imine (C=N–C) groups is 1. The summed E-state index contributed by atoms with van der Waals surface area (Å²) in [7, 11) is 3.48. The van der Waals surface area contributed by atoms with Crippen LogP contribution in [0.25, 0.3) is 0 Å². The van der Waals surface area contributed by atoms with Gasteiger partial charge >= 0.3 is 0 Å². The number of likely N-dealkylation sites (tertiary alicyclic amines) is 1. The molecule has 3 rings (SSSR count). The molecule has 1 fully saturated rings. The van der Waals surface area contributed by atoms with E-state index < -0.39 is 0 Å². The molecular formula is C24H32FIN4O2. The fourth-order valence-electron chi connectivity index (χ4n) is 3.79. The van der Waals surface area contributed by atoms with Crippen molar-refractivity contribution in [3.05, 3.63) is 59.4 Å². The number of ether oxygens (including phenoxy) is 1. The number of hydrogen-bond acceptors (Lipinski definition) is 3. The van der Waals surface area contributed by atoms with E-state index in [-0.39, 0.29) is 35.7 Å². The molecule has 0 spiro atoms. The van der Waals surface area contributed by atoms with Crippen LogP contribution in [0.3, 0.4) is 0 Å². The van der Waals surface area contributed by atoms with Gasteiger partial charge in [-0.15, -0.1) is 24.0 Å². The van der Waals surface area contributed by atoms with E-state index in [0.29, 0.717) is 24.6 Å². The van der Waals surface area contributed by atoms with Gasteiger partial charge in [-0.3, -0.25) is 9.79 Å². The summed E-state index contributed by atoms with van der Waals surface area (Å²) in [6, 6.07) is 12.0. The number of aryl methyl sites for hydroxylation is 1. The molecule has 0 aliphatic carbocycles. The van der Waals surface area contributed by atoms with Crippen molar-refractivity contribution >= 4 is 35.8 Å². The lowest BCUT2D eigenvalue weighted by molar-refractivity contribution is -0.121. The van der Waals surface area contributed by atoms with Crippen molar-refractivity contribution in [2.45, 2.75) is 32.7 Å². The van der Waals surface area contributed by atoms with E-state index in [1.165, 1.54) is 12.1 Å². The third-order valence-electron chi connectivity index (χ3n) is 5.61. The van der Waals surface area contributed by atoms with E-state index in [9.17, 15) is 9.18 Å². The molecule has 1 saturated heterocycles. The summed E-state index contributed by atoms with van der Waals surface area (Å²) >= 11 is 0. The number of halogens is 2. The first-order valence-corrected chi connectivity index (χ1v) is 10.7. The highest BCUT2D eigenvalue weighted by Gasteiger charge is 2.23. The van der Waals surface area contributed by atoms with Crippen molar-refractivity contribution in [2.75, 3.05) is 27.2 Å². The Kier molecular flexibility index (Phi) is 10.2. The zero-order valence-corrected chi connectivity index (χ0v) is 21.2. The van der Waals surface area contributed by atoms with E-state index >= 15 is 0 Å². The minimum atomic E-state index is -0.283. The molecule has 0 atom stereocenters. The topological polar surface area (TPSA) is 66.0 Å². The van der Waals surface area contributed by atoms with Crippen LogP contribution in [0.2, 0.25) is 0 Å². The van der Waals surface area contributed by atoms with Crippen molar-refractivity contribution in [2.24, 2.45) is 10.9 Å². The Morgan fingerprint density at radius 2 is 1.88 bits per heavy atom. The van der Waals surface area contributed by atoms with Gasteiger partial charge in [0.25, 0.3) is 0 Å². The van der Waals surface area contributed by atoms with Crippen LogP contribution in [0, 0.1) is 18.7 Å². The maximum Gasteiger partial charge on any atom is 0.220 e. The summed E-state index contributed by atoms with van der Waals surface area (Å²) in [5.74, 6) is 2.50. The van der Waals surface area contributed by atoms with Gasteiger partial charge in [-0.2, -0.15) is 0 Å². The molecule has 1 amide bonds. The molecule has 1 aliphatic heterocycles. The van der Waals surface area contributed by atoms with Crippen LogP contribution in [-0.2, 0) is 11.3 Å². The number of carbonyl (C=O) groups is 1. The minimum absolute atomic E-state index is 0. The van der Waals surface area contributed by atoms with Gasteiger partial charge in [0, 0.05) is 40.2 Å². The zero-order chi connectivity index (χ0) is 22.2. The van der Waals surface area contributed by atoms with Crippen LogP contribution in [-0.4, -0.2) is 44.0 Å². The summed E-state index contributed by atoms with van der Waals surface area (Å²) in [5.41, 5.74) is 2.13. The summed E-state index contributed by atoms with van der Waals surface area (Å²) in [6.45, 7) is 4.44. The Bertz CT molecular complexity index is 913. The maximum atomic E-state index is 13.1. The number of piperidine rings is 1. The molecule has 0 bridgehead atoms. The normalized spacial score (nSPS) is 14.5. The number of benzene rings is 2. The van der Waals surface area contributed by atoms with Crippen LogP contribution >= 0.6 is 24.0 Å². The summed E-state index contributed by atoms with van der Waals surface area (Å²) in [4.78, 5) is 18.3. The second-order valence-electron chi connectivity index (χ2n) is 7.86. The first kappa shape index (κ1) is 25.9. The lowest BCUT2D eigenvalue weighted by atomic mass is 9.93. The molecule has 32 heavy (non-hydrogen) atoms. The van der Waals surface area contributed by atoms with Crippen molar-refractivity contribution in [3.63, 3.8) is 0 Å². The largest absolute Gasteiger partial charge is 0.457 e. The third kappa shape index (κ3) is 7.36. The average molecular weight is 554 g/mol. The predicted octanol–water partition coefficient (Wildman–Crippen LogP) is 4.47. The van der Waals surface area contributed by atoms with Crippen LogP contribution in [0.1, 0.15) is 30.4 Å². The quantitative estimate of drug-likeness (QED) is 0.315. The van der Waals surface area contributed by atoms with E-state index in [1.54, 1.807) is 26.2 Å². The Labute approximate surface area is 206 Å². The van der Waals surface area contributed by atoms with Gasteiger partial charge in [0.2, 0.25) is 5.91 Å². The average Bonchev–Trinajstić information content (AvgIpc) is 2.78. The standard InChI is InChI=1S/C24H31FN4O2.HI/c1-17-14-19(4-9-22(17)31-21-7-5-20(25)6-8-21)16-28-24(27-3)29-12-10-18(11-13-29)15-23(30)26-2;/h4-9,14,18H,10-13,15-16H2,1-3H3,(H,26,30)(H,27,28);1H. The van der Waals surface area contributed by atoms with E-state index in [4.69, 9.17) is 4.74 Å². The number of carbonyl (C=O) groups excluding carboxylic acids is 1. The molecule has 1 aliphatic rings. The second-order valence-corrected chi connectivity index (χ2v) is 7.86. The molecular weight excluding hydrogens is 522 g/mol. The molecule has 0 unspecified atom stereocenters. The third-order valence-corrected chi connectivity index (χ3v) is 5.61. The smallest absolute Gasteiger partial charge is 0.220 e. The highest BCUT2D eigenvalue weighted by Crippen LogP contribution is 2.26. The van der Waals surface area contributed by atoms with Crippen LogP contribution < -0.4 is 15.4 Å². The Morgan fingerprint density at radius 3 is 2.47 bits per heavy atom. The molecule has 2 aromatic rings. The molecule has 1 heterocycles. The molecule has 8 heteroatoms. The fraction of sp³-hybridized carbons (Fsp3) is 0.417. The second kappa shape index (κ2) is 12.6. The molecule has 2 aromatic carbocycles. The van der Waals surface area contributed by atoms with Crippen LogP contribution in [0.5, 0.6) is 11.5 Å². The monoisotopic (exact) mass is 554 g/mol. The minimum Gasteiger partial charge on any atom is -0.457 e. The molecule has 0 saturated carbocycles. The van der Waals surface area contributed by atoms with Gasteiger partial charge in [-0.25, -0.2) is 4.39 Å². The SMILES string of the molecule is CN=C(NCc1ccc(Oc2ccc(F)cc2)c(C)c1)N1CCC(CC(=O)NC)CC1.I. The molecule has 0 aromatic heterocycles. The van der Waals surface area contributed by atoms with Crippen molar-refractivity contribution in [3.8, 4) is 11.5 Å². The maximum absolute atomic E-state index is 13.1. The Hall–Kier alpha value is -2.36. The van der Waals surface area contributed by atoms with Crippen LogP contribution in [0.4, 0.5) is 4.39 Å². The first-order valence-electron chi connectivity index (χ1n) is 10.7. The lowest BCUT2D eigenvalue weighted by Gasteiger charge is -2.34.